The second-order valence-corrected chi connectivity index (χ2v) is 11.7. The molecule has 0 aromatic heterocycles. The number of nitrogens with one attached hydrogen (secondary N) is 1. The molecule has 2 amide bonds. The van der Waals surface area contributed by atoms with Crippen molar-refractivity contribution in [2.24, 2.45) is 11.8 Å². The van der Waals surface area contributed by atoms with Crippen LogP contribution in [0, 0.1) is 34.8 Å². The molecule has 2 heterocycles. The lowest BCUT2D eigenvalue weighted by molar-refractivity contribution is -0.136. The van der Waals surface area contributed by atoms with Crippen molar-refractivity contribution in [3.63, 3.8) is 0 Å². The minimum absolute atomic E-state index is 0.0181. The molecule has 2 saturated heterocycles. The molecule has 3 aliphatic rings. The highest BCUT2D eigenvalue weighted by Gasteiger charge is 2.37. The number of amides is 2. The number of carbonyl (C=O) groups excluding carboxylic acids is 3. The standard InChI is InChI=1S/C34H32F2N4O4/c35-29-14-21(4-5-24(29)19-39-10-12-40(13-11-39)26-8-6-23(18-37)30(36)17-26)20-44-31-3-1-2-27-28(31)16-25(33(27)42)15-22-7-9-32(41)38-34(22)43/h1-6,8,14,17,22,25H,7,9-13,15-16,19-20H2,(H,38,41,43). The summed E-state index contributed by atoms with van der Waals surface area (Å²) in [5.41, 5.74) is 3.39. The molecule has 3 aromatic carbocycles. The highest BCUT2D eigenvalue weighted by molar-refractivity contribution is 6.04. The van der Waals surface area contributed by atoms with E-state index < -0.39 is 5.82 Å². The van der Waals surface area contributed by atoms with Crippen molar-refractivity contribution in [3.05, 3.63) is 94.0 Å². The lowest BCUT2D eigenvalue weighted by Crippen LogP contribution is -2.46. The normalized spacial score (nSPS) is 20.3. The fourth-order valence-corrected chi connectivity index (χ4v) is 6.36. The van der Waals surface area contributed by atoms with E-state index in [0.717, 1.165) is 11.3 Å². The van der Waals surface area contributed by atoms with Crippen LogP contribution in [-0.4, -0.2) is 48.7 Å². The van der Waals surface area contributed by atoms with Gasteiger partial charge in [-0.2, -0.15) is 5.26 Å². The Morgan fingerprint density at radius 3 is 2.50 bits per heavy atom. The molecule has 0 saturated carbocycles. The third kappa shape index (κ3) is 6.19. The molecule has 2 atom stereocenters. The number of Topliss-reactive ketones (excluding diaryl/α,β-unsaturated/α-hetero) is 1. The van der Waals surface area contributed by atoms with Gasteiger partial charge >= 0.3 is 0 Å². The van der Waals surface area contributed by atoms with Crippen LogP contribution in [0.15, 0.2) is 54.6 Å². The minimum atomic E-state index is -0.530. The van der Waals surface area contributed by atoms with Crippen molar-refractivity contribution in [1.29, 1.82) is 5.26 Å². The number of ether oxygens (including phenoxy) is 1. The van der Waals surface area contributed by atoms with Crippen LogP contribution in [0.3, 0.4) is 0 Å². The molecule has 226 valence electrons. The molecule has 2 aliphatic heterocycles. The summed E-state index contributed by atoms with van der Waals surface area (Å²) in [5.74, 6) is -1.58. The van der Waals surface area contributed by atoms with Crippen LogP contribution in [-0.2, 0) is 29.2 Å². The number of anilines is 1. The predicted molar refractivity (Wildman–Crippen MR) is 158 cm³/mol. The van der Waals surface area contributed by atoms with Gasteiger partial charge in [0.05, 0.1) is 5.56 Å². The van der Waals surface area contributed by atoms with Crippen molar-refractivity contribution in [2.75, 3.05) is 31.1 Å². The van der Waals surface area contributed by atoms with E-state index in [1.165, 1.54) is 18.2 Å². The highest BCUT2D eigenvalue weighted by Crippen LogP contribution is 2.38. The molecule has 0 spiro atoms. The van der Waals surface area contributed by atoms with Crippen molar-refractivity contribution in [2.45, 2.75) is 38.8 Å². The van der Waals surface area contributed by atoms with E-state index in [1.54, 1.807) is 30.3 Å². The molecule has 1 aliphatic carbocycles. The first kappa shape index (κ1) is 29.5. The summed E-state index contributed by atoms with van der Waals surface area (Å²) >= 11 is 0. The number of imide groups is 1. The first-order valence-corrected chi connectivity index (χ1v) is 14.9. The monoisotopic (exact) mass is 598 g/mol. The molecule has 0 bridgehead atoms. The number of benzene rings is 3. The van der Waals surface area contributed by atoms with Gasteiger partial charge in [0, 0.05) is 73.4 Å². The third-order valence-electron chi connectivity index (χ3n) is 8.86. The van der Waals surface area contributed by atoms with Gasteiger partial charge in [-0.1, -0.05) is 24.3 Å². The van der Waals surface area contributed by atoms with Crippen molar-refractivity contribution in [1.82, 2.24) is 10.2 Å². The van der Waals surface area contributed by atoms with E-state index >= 15 is 4.39 Å². The van der Waals surface area contributed by atoms with Gasteiger partial charge in [-0.05, 0) is 55.2 Å². The smallest absolute Gasteiger partial charge is 0.229 e. The maximum Gasteiger partial charge on any atom is 0.229 e. The van der Waals surface area contributed by atoms with Gasteiger partial charge in [-0.3, -0.25) is 24.6 Å². The molecule has 44 heavy (non-hydrogen) atoms. The molecular formula is C34H32F2N4O4. The Labute approximate surface area is 254 Å². The largest absolute Gasteiger partial charge is 0.489 e. The topological polar surface area (TPSA) is 103 Å². The Kier molecular flexibility index (Phi) is 8.40. The minimum Gasteiger partial charge on any atom is -0.489 e. The van der Waals surface area contributed by atoms with E-state index in [0.29, 0.717) is 74.4 Å². The van der Waals surface area contributed by atoms with Gasteiger partial charge in [0.25, 0.3) is 0 Å². The number of carbonyl (C=O) groups is 3. The van der Waals surface area contributed by atoms with Crippen LogP contribution in [0.4, 0.5) is 14.5 Å². The second kappa shape index (κ2) is 12.5. The van der Waals surface area contributed by atoms with E-state index in [4.69, 9.17) is 10.00 Å². The number of nitriles is 1. The molecule has 3 aromatic rings. The molecule has 0 radical (unpaired) electrons. The summed E-state index contributed by atoms with van der Waals surface area (Å²) in [6.07, 6.45) is 1.59. The zero-order chi connectivity index (χ0) is 30.8. The van der Waals surface area contributed by atoms with Crippen LogP contribution in [0.1, 0.15) is 51.9 Å². The number of piperazine rings is 1. The zero-order valence-corrected chi connectivity index (χ0v) is 24.2. The maximum atomic E-state index is 15.1. The summed E-state index contributed by atoms with van der Waals surface area (Å²) in [4.78, 5) is 41.0. The Hall–Kier alpha value is -4.62. The Bertz CT molecular complexity index is 1660. The quantitative estimate of drug-likeness (QED) is 0.380. The van der Waals surface area contributed by atoms with Crippen molar-refractivity contribution >= 4 is 23.3 Å². The zero-order valence-electron chi connectivity index (χ0n) is 24.2. The highest BCUT2D eigenvalue weighted by atomic mass is 19.1. The van der Waals surface area contributed by atoms with Gasteiger partial charge in [0.2, 0.25) is 11.8 Å². The molecular weight excluding hydrogens is 566 g/mol. The molecule has 2 fully saturated rings. The third-order valence-corrected chi connectivity index (χ3v) is 8.86. The number of nitrogens with zero attached hydrogens (tertiary/aromatic N) is 3. The Morgan fingerprint density at radius 2 is 1.77 bits per heavy atom. The SMILES string of the molecule is N#Cc1ccc(N2CCN(Cc3ccc(COc4cccc5c4CC(CC4CCC(=O)NC4=O)C5=O)cc3F)CC2)cc1F. The number of rotatable bonds is 8. The van der Waals surface area contributed by atoms with Gasteiger partial charge in [-0.25, -0.2) is 8.78 Å². The average Bonchev–Trinajstić information content (AvgIpc) is 3.34. The molecule has 2 unspecified atom stereocenters. The van der Waals surface area contributed by atoms with Crippen molar-refractivity contribution < 1.29 is 27.9 Å². The van der Waals surface area contributed by atoms with E-state index in [-0.39, 0.29) is 53.8 Å². The Morgan fingerprint density at radius 1 is 0.955 bits per heavy atom. The van der Waals surface area contributed by atoms with E-state index in [2.05, 4.69) is 15.1 Å². The summed E-state index contributed by atoms with van der Waals surface area (Å²) in [6, 6.07) is 16.9. The van der Waals surface area contributed by atoms with Gasteiger partial charge in [0.15, 0.2) is 5.78 Å². The lowest BCUT2D eigenvalue weighted by atomic mass is 9.86. The lowest BCUT2D eigenvalue weighted by Gasteiger charge is -2.36. The number of ketones is 1. The Balaban J connectivity index is 1.03. The fraction of sp³-hybridized carbons (Fsp3) is 0.353. The average molecular weight is 599 g/mol. The number of hydrogen-bond donors (Lipinski definition) is 1. The van der Waals surface area contributed by atoms with Gasteiger partial charge in [0.1, 0.15) is 30.1 Å². The predicted octanol–water partition coefficient (Wildman–Crippen LogP) is 4.54. The number of piperidine rings is 1. The molecule has 10 heteroatoms. The van der Waals surface area contributed by atoms with Crippen LogP contribution in [0.5, 0.6) is 5.75 Å². The summed E-state index contributed by atoms with van der Waals surface area (Å²) in [6.45, 7) is 3.29. The molecule has 1 N–H and O–H groups in total. The number of halogens is 2. The van der Waals surface area contributed by atoms with Crippen LogP contribution >= 0.6 is 0 Å². The summed E-state index contributed by atoms with van der Waals surface area (Å²) < 4.78 is 35.2. The van der Waals surface area contributed by atoms with E-state index in [1.807, 2.05) is 12.1 Å². The van der Waals surface area contributed by atoms with E-state index in [9.17, 15) is 18.8 Å². The summed E-state index contributed by atoms with van der Waals surface area (Å²) in [5, 5.41) is 11.3. The molecule has 6 rings (SSSR count). The van der Waals surface area contributed by atoms with Crippen LogP contribution < -0.4 is 15.0 Å². The van der Waals surface area contributed by atoms with Gasteiger partial charge in [-0.15, -0.1) is 0 Å². The first-order chi connectivity index (χ1) is 21.3. The van der Waals surface area contributed by atoms with Gasteiger partial charge < -0.3 is 9.64 Å². The number of hydrogen-bond acceptors (Lipinski definition) is 7. The van der Waals surface area contributed by atoms with Crippen molar-refractivity contribution in [3.8, 4) is 11.8 Å². The van der Waals surface area contributed by atoms with Crippen LogP contribution in [0.2, 0.25) is 0 Å². The van der Waals surface area contributed by atoms with Crippen LogP contribution in [0.25, 0.3) is 0 Å². The molecule has 8 nitrogen and oxygen atoms in total. The summed E-state index contributed by atoms with van der Waals surface area (Å²) in [7, 11) is 0. The first-order valence-electron chi connectivity index (χ1n) is 14.9. The fourth-order valence-electron chi connectivity index (χ4n) is 6.36. The second-order valence-electron chi connectivity index (χ2n) is 11.7. The maximum absolute atomic E-state index is 15.1. The number of fused-ring (bicyclic) bond motifs is 1.